The molecule has 0 atom stereocenters. The van der Waals surface area contributed by atoms with E-state index in [1.54, 1.807) is 12.4 Å². The molecule has 0 aliphatic carbocycles. The topological polar surface area (TPSA) is 63.6 Å². The van der Waals surface area contributed by atoms with Gasteiger partial charge in [0, 0.05) is 17.9 Å². The monoisotopic (exact) mass is 237 g/mol. The fourth-order valence-electron chi connectivity index (χ4n) is 1.22. The number of anilines is 1. The number of rotatable bonds is 1. The summed E-state index contributed by atoms with van der Waals surface area (Å²) in [5.41, 5.74) is 0.886. The number of hydrogen-bond acceptors (Lipinski definition) is 5. The van der Waals surface area contributed by atoms with E-state index in [1.165, 1.54) is 0 Å². The highest BCUT2D eigenvalue weighted by atomic mass is 35.5. The van der Waals surface area contributed by atoms with Crippen LogP contribution in [0.1, 0.15) is 20.8 Å². The number of halogens is 1. The molecule has 0 saturated carbocycles. The number of nitrogens with zero attached hydrogens (tertiary/aromatic N) is 4. The first-order valence-corrected chi connectivity index (χ1v) is 5.26. The lowest BCUT2D eigenvalue weighted by Crippen LogP contribution is -2.27. The highest BCUT2D eigenvalue weighted by molar-refractivity contribution is 6.33. The first-order valence-electron chi connectivity index (χ1n) is 4.88. The van der Waals surface area contributed by atoms with Crippen molar-refractivity contribution in [1.29, 1.82) is 0 Å². The Morgan fingerprint density at radius 3 is 2.50 bits per heavy atom. The maximum absolute atomic E-state index is 6.00. The van der Waals surface area contributed by atoms with E-state index in [0.29, 0.717) is 22.3 Å². The van der Waals surface area contributed by atoms with E-state index < -0.39 is 0 Å². The second-order valence-electron chi connectivity index (χ2n) is 4.44. The zero-order valence-electron chi connectivity index (χ0n) is 9.32. The van der Waals surface area contributed by atoms with Crippen molar-refractivity contribution < 1.29 is 0 Å². The summed E-state index contributed by atoms with van der Waals surface area (Å²) in [5, 5.41) is 3.45. The van der Waals surface area contributed by atoms with Gasteiger partial charge in [-0.3, -0.25) is 0 Å². The van der Waals surface area contributed by atoms with Gasteiger partial charge in [-0.2, -0.15) is 9.97 Å². The van der Waals surface area contributed by atoms with Gasteiger partial charge in [0.15, 0.2) is 10.8 Å². The number of aromatic nitrogens is 4. The molecule has 84 valence electrons. The van der Waals surface area contributed by atoms with Gasteiger partial charge in [-0.1, -0.05) is 11.6 Å². The average Bonchev–Trinajstić information content (AvgIpc) is 2.15. The Kier molecular flexibility index (Phi) is 2.63. The summed E-state index contributed by atoms with van der Waals surface area (Å²) in [6.07, 6.45) is 3.14. The molecule has 2 heterocycles. The zero-order chi connectivity index (χ0) is 11.8. The van der Waals surface area contributed by atoms with Crippen molar-refractivity contribution in [3.05, 3.63) is 17.5 Å². The zero-order valence-corrected chi connectivity index (χ0v) is 10.1. The predicted molar refractivity (Wildman–Crippen MR) is 63.5 cm³/mol. The van der Waals surface area contributed by atoms with Crippen LogP contribution in [0.3, 0.4) is 0 Å². The molecule has 0 aliphatic rings. The van der Waals surface area contributed by atoms with Crippen molar-refractivity contribution in [2.75, 3.05) is 5.32 Å². The van der Waals surface area contributed by atoms with E-state index in [2.05, 4.69) is 25.3 Å². The van der Waals surface area contributed by atoms with Crippen molar-refractivity contribution in [3.8, 4) is 0 Å². The van der Waals surface area contributed by atoms with Crippen LogP contribution in [0.4, 0.5) is 5.95 Å². The Bertz CT molecular complexity index is 520. The van der Waals surface area contributed by atoms with Gasteiger partial charge in [0.1, 0.15) is 5.52 Å². The molecule has 0 fully saturated rings. The van der Waals surface area contributed by atoms with Crippen molar-refractivity contribution in [2.45, 2.75) is 26.3 Å². The Morgan fingerprint density at radius 1 is 1.12 bits per heavy atom. The smallest absolute Gasteiger partial charge is 0.226 e. The summed E-state index contributed by atoms with van der Waals surface area (Å²) in [6.45, 7) is 6.06. The third-order valence-corrected chi connectivity index (χ3v) is 2.04. The molecule has 1 N–H and O–H groups in total. The van der Waals surface area contributed by atoms with Crippen LogP contribution in [0.5, 0.6) is 0 Å². The minimum atomic E-state index is -0.126. The van der Waals surface area contributed by atoms with Crippen LogP contribution < -0.4 is 5.32 Å². The van der Waals surface area contributed by atoms with Gasteiger partial charge >= 0.3 is 0 Å². The van der Waals surface area contributed by atoms with E-state index in [9.17, 15) is 0 Å². The molecule has 0 aromatic carbocycles. The molecule has 0 bridgehead atoms. The van der Waals surface area contributed by atoms with Crippen LogP contribution in [-0.2, 0) is 0 Å². The van der Waals surface area contributed by atoms with E-state index in [-0.39, 0.29) is 5.54 Å². The minimum Gasteiger partial charge on any atom is -0.350 e. The predicted octanol–water partition coefficient (Wildman–Crippen LogP) is 2.28. The van der Waals surface area contributed by atoms with Crippen LogP contribution in [-0.4, -0.2) is 25.5 Å². The molecule has 0 unspecified atom stereocenters. The van der Waals surface area contributed by atoms with Crippen molar-refractivity contribution >= 4 is 28.7 Å². The third-order valence-electron chi connectivity index (χ3n) is 1.78. The highest BCUT2D eigenvalue weighted by Crippen LogP contribution is 2.19. The SMILES string of the molecule is CC(C)(C)Nc1nc(Cl)c2nccnc2n1. The van der Waals surface area contributed by atoms with Crippen LogP contribution in [0.15, 0.2) is 12.4 Å². The lowest BCUT2D eigenvalue weighted by atomic mass is 10.1. The van der Waals surface area contributed by atoms with Gasteiger partial charge in [-0.25, -0.2) is 9.97 Å². The average molecular weight is 238 g/mol. The summed E-state index contributed by atoms with van der Waals surface area (Å²) in [7, 11) is 0. The summed E-state index contributed by atoms with van der Waals surface area (Å²) in [4.78, 5) is 16.5. The van der Waals surface area contributed by atoms with Gasteiger partial charge in [0.25, 0.3) is 0 Å². The minimum absolute atomic E-state index is 0.126. The van der Waals surface area contributed by atoms with Crippen LogP contribution in [0, 0.1) is 0 Å². The quantitative estimate of drug-likeness (QED) is 0.771. The Labute approximate surface area is 98.3 Å². The largest absolute Gasteiger partial charge is 0.350 e. The third kappa shape index (κ3) is 2.36. The molecule has 0 saturated heterocycles. The van der Waals surface area contributed by atoms with Crippen LogP contribution in [0.2, 0.25) is 5.15 Å². The van der Waals surface area contributed by atoms with Crippen molar-refractivity contribution in [3.63, 3.8) is 0 Å². The molecule has 0 spiro atoms. The molecule has 0 radical (unpaired) electrons. The lowest BCUT2D eigenvalue weighted by molar-refractivity contribution is 0.626. The van der Waals surface area contributed by atoms with Gasteiger partial charge in [-0.05, 0) is 20.8 Å². The van der Waals surface area contributed by atoms with Crippen LogP contribution >= 0.6 is 11.6 Å². The molecular weight excluding hydrogens is 226 g/mol. The molecule has 5 nitrogen and oxygen atoms in total. The molecular formula is C10H12ClN5. The molecule has 0 aliphatic heterocycles. The second kappa shape index (κ2) is 3.83. The number of nitrogens with one attached hydrogen (secondary N) is 1. The van der Waals surface area contributed by atoms with E-state index >= 15 is 0 Å². The normalized spacial score (nSPS) is 11.8. The standard InChI is InChI=1S/C10H12ClN5/c1-10(2,3)16-9-14-7(11)6-8(15-9)13-5-4-12-6/h4-5H,1-3H3,(H,13,14,15,16). The summed E-state index contributed by atoms with van der Waals surface area (Å²) in [5.74, 6) is 0.463. The van der Waals surface area contributed by atoms with Gasteiger partial charge in [0.05, 0.1) is 0 Å². The van der Waals surface area contributed by atoms with E-state index in [4.69, 9.17) is 11.6 Å². The van der Waals surface area contributed by atoms with Gasteiger partial charge in [0.2, 0.25) is 5.95 Å². The molecule has 2 aromatic heterocycles. The van der Waals surface area contributed by atoms with Crippen molar-refractivity contribution in [1.82, 2.24) is 19.9 Å². The molecule has 6 heteroatoms. The lowest BCUT2D eigenvalue weighted by Gasteiger charge is -2.20. The van der Waals surface area contributed by atoms with Gasteiger partial charge < -0.3 is 5.32 Å². The maximum atomic E-state index is 6.00. The number of fused-ring (bicyclic) bond motifs is 1. The van der Waals surface area contributed by atoms with Crippen LogP contribution in [0.25, 0.3) is 11.2 Å². The Balaban J connectivity index is 2.50. The van der Waals surface area contributed by atoms with Crippen molar-refractivity contribution in [2.24, 2.45) is 0 Å². The summed E-state index contributed by atoms with van der Waals surface area (Å²) >= 11 is 6.00. The Hall–Kier alpha value is -1.49. The van der Waals surface area contributed by atoms with E-state index in [1.807, 2.05) is 20.8 Å². The highest BCUT2D eigenvalue weighted by Gasteiger charge is 2.13. The Morgan fingerprint density at radius 2 is 1.81 bits per heavy atom. The summed E-state index contributed by atoms with van der Waals surface area (Å²) in [6, 6.07) is 0. The number of hydrogen-bond donors (Lipinski definition) is 1. The molecule has 16 heavy (non-hydrogen) atoms. The fourth-order valence-corrected chi connectivity index (χ4v) is 1.43. The van der Waals surface area contributed by atoms with Gasteiger partial charge in [-0.15, -0.1) is 0 Å². The second-order valence-corrected chi connectivity index (χ2v) is 4.80. The maximum Gasteiger partial charge on any atom is 0.226 e. The summed E-state index contributed by atoms with van der Waals surface area (Å²) < 4.78 is 0. The molecule has 2 rings (SSSR count). The molecule has 0 amide bonds. The first kappa shape index (κ1) is 11.0. The van der Waals surface area contributed by atoms with E-state index in [0.717, 1.165) is 0 Å². The fraction of sp³-hybridized carbons (Fsp3) is 0.400. The first-order chi connectivity index (χ1) is 7.46. The molecule has 2 aromatic rings.